The predicted molar refractivity (Wildman–Crippen MR) is 222 cm³/mol. The molecule has 4 aliphatic rings. The summed E-state index contributed by atoms with van der Waals surface area (Å²) in [6.45, 7) is 8.50. The molecule has 0 bridgehead atoms. The van der Waals surface area contributed by atoms with E-state index in [-0.39, 0.29) is 30.9 Å². The highest BCUT2D eigenvalue weighted by Gasteiger charge is 2.36. The van der Waals surface area contributed by atoms with E-state index in [1.807, 2.05) is 24.3 Å². The third-order valence-electron chi connectivity index (χ3n) is 12.8. The topological polar surface area (TPSA) is 80.3 Å². The molecule has 0 amide bonds. The molecule has 10 rings (SSSR count). The van der Waals surface area contributed by atoms with Crippen LogP contribution < -0.4 is 5.69 Å². The normalized spacial score (nSPS) is 19.2. The molecule has 2 aliphatic carbocycles. The Morgan fingerprint density at radius 2 is 0.732 bits per heavy atom. The number of nitrogens with zero attached hydrogens (tertiary/aromatic N) is 6. The first-order valence-corrected chi connectivity index (χ1v) is 20.4. The second kappa shape index (κ2) is 14.9. The summed E-state index contributed by atoms with van der Waals surface area (Å²) in [5.41, 5.74) is 12.2. The van der Waals surface area contributed by atoms with E-state index < -0.39 is 12.2 Å². The first-order valence-electron chi connectivity index (χ1n) is 20.4. The summed E-state index contributed by atoms with van der Waals surface area (Å²) in [6.07, 6.45) is -1.40. The maximum absolute atomic E-state index is 14.0. The van der Waals surface area contributed by atoms with Crippen molar-refractivity contribution >= 4 is 11.0 Å². The minimum atomic E-state index is -0.702. The lowest BCUT2D eigenvalue weighted by atomic mass is 10.0. The number of aliphatic hydroxyl groups is 2. The van der Waals surface area contributed by atoms with E-state index in [0.717, 1.165) is 63.4 Å². The lowest BCUT2D eigenvalue weighted by Crippen LogP contribution is -2.50. The molecule has 9 heteroatoms. The van der Waals surface area contributed by atoms with Crippen molar-refractivity contribution in [2.45, 2.75) is 37.4 Å². The average molecular weight is 747 g/mol. The van der Waals surface area contributed by atoms with Crippen LogP contribution in [-0.2, 0) is 13.1 Å². The van der Waals surface area contributed by atoms with E-state index in [1.54, 1.807) is 9.13 Å². The quantitative estimate of drug-likeness (QED) is 0.197. The standard InChI is InChI=1S/C47H50N6O3/c54-33(29-48-21-25-50(26-22-48)45-39-15-5-1-11-35(39)36-12-2-6-16-40(36)45)31-52-43-19-9-10-20-44(43)53(47(52)56)32-34(55)30-49-23-27-51(28-24-49)46-41-17-7-3-13-37(41)38-14-4-8-18-42(38)46/h1-20,33-34,45-46,54-55H,21-32H2/t33-,34-/m1/s1. The Kier molecular flexibility index (Phi) is 9.45. The molecule has 3 heterocycles. The maximum atomic E-state index is 14.0. The Balaban J connectivity index is 0.761. The predicted octanol–water partition coefficient (Wildman–Crippen LogP) is 5.30. The van der Waals surface area contributed by atoms with Crippen molar-refractivity contribution in [1.29, 1.82) is 0 Å². The minimum absolute atomic E-state index is 0.184. The highest BCUT2D eigenvalue weighted by molar-refractivity contribution is 5.79. The summed E-state index contributed by atoms with van der Waals surface area (Å²) in [7, 11) is 0. The summed E-state index contributed by atoms with van der Waals surface area (Å²) in [5, 5.41) is 22.8. The minimum Gasteiger partial charge on any atom is -0.390 e. The number of fused-ring (bicyclic) bond motifs is 7. The van der Waals surface area contributed by atoms with Gasteiger partial charge in [0.15, 0.2) is 0 Å². The van der Waals surface area contributed by atoms with Crippen LogP contribution in [0.1, 0.15) is 34.3 Å². The molecular weight excluding hydrogens is 697 g/mol. The van der Waals surface area contributed by atoms with Gasteiger partial charge in [-0.3, -0.25) is 28.7 Å². The number of hydrogen-bond acceptors (Lipinski definition) is 7. The molecule has 2 N–H and O–H groups in total. The fraction of sp³-hybridized carbons (Fsp3) is 0.340. The Labute approximate surface area is 328 Å². The first-order chi connectivity index (χ1) is 27.5. The van der Waals surface area contributed by atoms with Gasteiger partial charge < -0.3 is 10.2 Å². The van der Waals surface area contributed by atoms with Crippen LogP contribution in [0.4, 0.5) is 0 Å². The molecule has 0 saturated carbocycles. The van der Waals surface area contributed by atoms with E-state index in [4.69, 9.17) is 0 Å². The lowest BCUT2D eigenvalue weighted by Gasteiger charge is -2.39. The zero-order valence-electron chi connectivity index (χ0n) is 31.8. The van der Waals surface area contributed by atoms with Gasteiger partial charge in [0, 0.05) is 65.4 Å². The number of benzene rings is 5. The Morgan fingerprint density at radius 3 is 1.07 bits per heavy atom. The zero-order chi connectivity index (χ0) is 37.8. The van der Waals surface area contributed by atoms with Crippen molar-refractivity contribution < 1.29 is 10.2 Å². The van der Waals surface area contributed by atoms with Crippen LogP contribution in [-0.4, -0.2) is 117 Å². The van der Waals surface area contributed by atoms with Crippen molar-refractivity contribution in [1.82, 2.24) is 28.7 Å². The van der Waals surface area contributed by atoms with Crippen LogP contribution in [0.25, 0.3) is 33.3 Å². The second-order valence-corrected chi connectivity index (χ2v) is 16.1. The molecule has 2 aliphatic heterocycles. The molecule has 56 heavy (non-hydrogen) atoms. The van der Waals surface area contributed by atoms with Gasteiger partial charge in [0.2, 0.25) is 0 Å². The number of β-amino-alcohol motifs (C(OH)–C–C–N with tert-alkyl or cyclic N) is 2. The fourth-order valence-electron chi connectivity index (χ4n) is 10.2. The van der Waals surface area contributed by atoms with Gasteiger partial charge in [0.25, 0.3) is 0 Å². The summed E-state index contributed by atoms with van der Waals surface area (Å²) in [5.74, 6) is 0. The Bertz CT molecular complexity index is 2170. The number of hydrogen-bond donors (Lipinski definition) is 2. The molecule has 0 spiro atoms. The average Bonchev–Trinajstić information content (AvgIpc) is 3.84. The van der Waals surface area contributed by atoms with Gasteiger partial charge >= 0.3 is 5.69 Å². The van der Waals surface area contributed by atoms with Gasteiger partial charge in [-0.2, -0.15) is 0 Å². The van der Waals surface area contributed by atoms with Gasteiger partial charge in [-0.15, -0.1) is 0 Å². The van der Waals surface area contributed by atoms with Crippen LogP contribution in [0.2, 0.25) is 0 Å². The van der Waals surface area contributed by atoms with Crippen molar-refractivity contribution in [2.75, 3.05) is 65.4 Å². The first kappa shape index (κ1) is 35.5. The lowest BCUT2D eigenvalue weighted by molar-refractivity contribution is 0.0541. The Morgan fingerprint density at radius 1 is 0.429 bits per heavy atom. The van der Waals surface area contributed by atoms with E-state index in [0.29, 0.717) is 13.1 Å². The Hall–Kier alpha value is -4.87. The number of aliphatic hydroxyl groups excluding tert-OH is 2. The molecule has 2 fully saturated rings. The van der Waals surface area contributed by atoms with Gasteiger partial charge in [-0.25, -0.2) is 4.79 Å². The fourth-order valence-corrected chi connectivity index (χ4v) is 10.2. The summed E-state index contributed by atoms with van der Waals surface area (Å²) in [4.78, 5) is 23.8. The molecule has 6 aromatic rings. The molecule has 1 aromatic heterocycles. The number of rotatable bonds is 10. The van der Waals surface area contributed by atoms with Crippen LogP contribution in [0.3, 0.4) is 0 Å². The van der Waals surface area contributed by atoms with E-state index in [2.05, 4.69) is 117 Å². The van der Waals surface area contributed by atoms with Crippen LogP contribution in [0.5, 0.6) is 0 Å². The zero-order valence-corrected chi connectivity index (χ0v) is 31.8. The van der Waals surface area contributed by atoms with Gasteiger partial charge in [0.1, 0.15) is 0 Å². The molecule has 2 atom stereocenters. The molecule has 2 saturated heterocycles. The summed E-state index contributed by atoms with van der Waals surface area (Å²) < 4.78 is 3.40. The highest BCUT2D eigenvalue weighted by Crippen LogP contribution is 2.47. The summed E-state index contributed by atoms with van der Waals surface area (Å²) >= 11 is 0. The van der Waals surface area contributed by atoms with Crippen LogP contribution in [0, 0.1) is 0 Å². The number of piperazine rings is 2. The van der Waals surface area contributed by atoms with Gasteiger partial charge in [-0.1, -0.05) is 109 Å². The molecule has 9 nitrogen and oxygen atoms in total. The molecule has 0 unspecified atom stereocenters. The van der Waals surface area contributed by atoms with Gasteiger partial charge in [0.05, 0.1) is 48.4 Å². The maximum Gasteiger partial charge on any atom is 0.329 e. The smallest absolute Gasteiger partial charge is 0.329 e. The summed E-state index contributed by atoms with van der Waals surface area (Å²) in [6, 6.07) is 43.3. The number of para-hydroxylation sites is 2. The molecule has 5 aromatic carbocycles. The van der Waals surface area contributed by atoms with Crippen LogP contribution >= 0.6 is 0 Å². The second-order valence-electron chi connectivity index (χ2n) is 16.1. The van der Waals surface area contributed by atoms with Crippen LogP contribution in [0.15, 0.2) is 126 Å². The van der Waals surface area contributed by atoms with E-state index >= 15 is 0 Å². The SMILES string of the molecule is O=c1n(C[C@H](O)CN2CCN(C3c4ccccc4-c4ccccc43)CC2)c2ccccc2n1C[C@H](O)CN1CCN(C2c3ccccc3-c3ccccc32)CC1. The third kappa shape index (κ3) is 6.33. The molecular formula is C47H50N6O3. The number of aromatic nitrogens is 2. The van der Waals surface area contributed by atoms with Crippen molar-refractivity contribution in [2.24, 2.45) is 0 Å². The van der Waals surface area contributed by atoms with E-state index in [9.17, 15) is 15.0 Å². The molecule has 286 valence electrons. The number of imidazole rings is 1. The largest absolute Gasteiger partial charge is 0.390 e. The van der Waals surface area contributed by atoms with Crippen molar-refractivity contribution in [3.63, 3.8) is 0 Å². The third-order valence-corrected chi connectivity index (χ3v) is 12.8. The van der Waals surface area contributed by atoms with E-state index in [1.165, 1.54) is 44.5 Å². The highest BCUT2D eigenvalue weighted by atomic mass is 16.3. The van der Waals surface area contributed by atoms with Crippen molar-refractivity contribution in [3.05, 3.63) is 154 Å². The molecule has 0 radical (unpaired) electrons. The van der Waals surface area contributed by atoms with Crippen molar-refractivity contribution in [3.8, 4) is 22.3 Å². The van der Waals surface area contributed by atoms with Gasteiger partial charge in [-0.05, 0) is 56.6 Å². The monoisotopic (exact) mass is 746 g/mol.